The Kier molecular flexibility index (Phi) is 8.13. The Morgan fingerprint density at radius 1 is 1.04 bits per heavy atom. The third kappa shape index (κ3) is 7.30. The standard InChI is InChI=1S/C20H29N5OS/c1-5-17-10-11-18(27-17)13-23-19(21-4)22-12-15-6-8-16(9-7-15)25-20(26)24-14(2)3/h6-11,14H,5,12-13H2,1-4H3,(H2,21,22,23)(H2,24,25,26). The number of guanidine groups is 1. The lowest BCUT2D eigenvalue weighted by atomic mass is 10.2. The maximum Gasteiger partial charge on any atom is 0.319 e. The van der Waals surface area contributed by atoms with E-state index in [0.717, 1.165) is 30.2 Å². The largest absolute Gasteiger partial charge is 0.352 e. The first-order chi connectivity index (χ1) is 13.0. The smallest absolute Gasteiger partial charge is 0.319 e. The van der Waals surface area contributed by atoms with Gasteiger partial charge in [-0.15, -0.1) is 11.3 Å². The second-order valence-corrected chi connectivity index (χ2v) is 7.70. The molecule has 0 aliphatic rings. The van der Waals surface area contributed by atoms with E-state index in [9.17, 15) is 4.79 Å². The average Bonchev–Trinajstić information content (AvgIpc) is 3.10. The van der Waals surface area contributed by atoms with Crippen molar-refractivity contribution < 1.29 is 4.79 Å². The van der Waals surface area contributed by atoms with Crippen molar-refractivity contribution in [1.82, 2.24) is 16.0 Å². The molecule has 4 N–H and O–H groups in total. The molecule has 27 heavy (non-hydrogen) atoms. The number of urea groups is 1. The number of amides is 2. The lowest BCUT2D eigenvalue weighted by molar-refractivity contribution is 0.250. The van der Waals surface area contributed by atoms with Crippen molar-refractivity contribution in [3.8, 4) is 0 Å². The SMILES string of the molecule is CCc1ccc(CNC(=NC)NCc2ccc(NC(=O)NC(C)C)cc2)s1. The fraction of sp³-hybridized carbons (Fsp3) is 0.400. The number of aliphatic imine (C=N–C) groups is 1. The molecule has 2 rings (SSSR count). The predicted molar refractivity (Wildman–Crippen MR) is 114 cm³/mol. The van der Waals surface area contributed by atoms with Gasteiger partial charge in [0, 0.05) is 35.1 Å². The van der Waals surface area contributed by atoms with Crippen LogP contribution in [0.4, 0.5) is 10.5 Å². The minimum absolute atomic E-state index is 0.107. The van der Waals surface area contributed by atoms with Gasteiger partial charge in [-0.25, -0.2) is 4.79 Å². The molecule has 0 unspecified atom stereocenters. The number of nitrogens with zero attached hydrogens (tertiary/aromatic N) is 1. The zero-order valence-electron chi connectivity index (χ0n) is 16.4. The van der Waals surface area contributed by atoms with Gasteiger partial charge in [0.15, 0.2) is 5.96 Å². The van der Waals surface area contributed by atoms with Crippen LogP contribution in [0.3, 0.4) is 0 Å². The van der Waals surface area contributed by atoms with E-state index in [-0.39, 0.29) is 12.1 Å². The molecule has 7 heteroatoms. The molecule has 0 aliphatic carbocycles. The van der Waals surface area contributed by atoms with Crippen LogP contribution in [0.25, 0.3) is 0 Å². The fourth-order valence-corrected chi connectivity index (χ4v) is 3.32. The molecule has 0 atom stereocenters. The number of hydrogen-bond acceptors (Lipinski definition) is 3. The van der Waals surface area contributed by atoms with Gasteiger partial charge in [-0.1, -0.05) is 19.1 Å². The summed E-state index contributed by atoms with van der Waals surface area (Å²) in [6.45, 7) is 7.44. The highest BCUT2D eigenvalue weighted by Crippen LogP contribution is 2.16. The van der Waals surface area contributed by atoms with Crippen LogP contribution in [0.15, 0.2) is 41.4 Å². The summed E-state index contributed by atoms with van der Waals surface area (Å²) in [6, 6.07) is 12.0. The minimum atomic E-state index is -0.194. The van der Waals surface area contributed by atoms with Crippen molar-refractivity contribution >= 4 is 29.0 Å². The number of anilines is 1. The molecule has 1 aromatic carbocycles. The van der Waals surface area contributed by atoms with E-state index in [1.165, 1.54) is 9.75 Å². The number of rotatable bonds is 7. The van der Waals surface area contributed by atoms with Crippen LogP contribution in [0.5, 0.6) is 0 Å². The molecule has 0 aliphatic heterocycles. The second-order valence-electron chi connectivity index (χ2n) is 6.45. The van der Waals surface area contributed by atoms with Crippen molar-refractivity contribution in [3.05, 3.63) is 51.7 Å². The number of nitrogens with one attached hydrogen (secondary N) is 4. The van der Waals surface area contributed by atoms with Crippen LogP contribution in [0.1, 0.15) is 36.1 Å². The molecule has 0 saturated carbocycles. The van der Waals surface area contributed by atoms with Gasteiger partial charge in [-0.05, 0) is 50.1 Å². The fourth-order valence-electron chi connectivity index (χ4n) is 2.42. The van der Waals surface area contributed by atoms with E-state index in [2.05, 4.69) is 45.3 Å². The maximum atomic E-state index is 11.7. The van der Waals surface area contributed by atoms with Crippen LogP contribution < -0.4 is 21.3 Å². The van der Waals surface area contributed by atoms with Gasteiger partial charge >= 0.3 is 6.03 Å². The van der Waals surface area contributed by atoms with Gasteiger partial charge in [0.2, 0.25) is 0 Å². The second kappa shape index (κ2) is 10.6. The highest BCUT2D eigenvalue weighted by Gasteiger charge is 2.04. The average molecular weight is 388 g/mol. The number of hydrogen-bond donors (Lipinski definition) is 4. The molecule has 2 aromatic rings. The Bertz CT molecular complexity index is 752. The first kappa shape index (κ1) is 20.8. The van der Waals surface area contributed by atoms with Gasteiger partial charge in [0.05, 0.1) is 6.54 Å². The molecule has 1 heterocycles. The molecule has 1 aromatic heterocycles. The summed E-state index contributed by atoms with van der Waals surface area (Å²) in [5.41, 5.74) is 1.88. The van der Waals surface area contributed by atoms with Crippen LogP contribution in [0, 0.1) is 0 Å². The lowest BCUT2D eigenvalue weighted by Crippen LogP contribution is -2.36. The van der Waals surface area contributed by atoms with E-state index >= 15 is 0 Å². The number of benzene rings is 1. The lowest BCUT2D eigenvalue weighted by Gasteiger charge is -2.12. The number of thiophene rings is 1. The number of carbonyl (C=O) groups excluding carboxylic acids is 1. The quantitative estimate of drug-likeness (QED) is 0.432. The summed E-state index contributed by atoms with van der Waals surface area (Å²) in [5.74, 6) is 0.764. The van der Waals surface area contributed by atoms with Crippen LogP contribution in [-0.4, -0.2) is 25.1 Å². The normalized spacial score (nSPS) is 11.4. The predicted octanol–water partition coefficient (Wildman–Crippen LogP) is 3.71. The maximum absolute atomic E-state index is 11.7. The Labute approximate surface area is 165 Å². The van der Waals surface area contributed by atoms with Gasteiger partial charge in [-0.3, -0.25) is 4.99 Å². The molecule has 0 saturated heterocycles. The third-order valence-corrected chi connectivity index (χ3v) is 5.04. The summed E-state index contributed by atoms with van der Waals surface area (Å²) >= 11 is 1.82. The molecular formula is C20H29N5OS. The summed E-state index contributed by atoms with van der Waals surface area (Å²) in [5, 5.41) is 12.3. The first-order valence-corrected chi connectivity index (χ1v) is 10.00. The molecule has 0 spiro atoms. The van der Waals surface area contributed by atoms with Crippen molar-refractivity contribution in [2.45, 2.75) is 46.3 Å². The molecule has 0 radical (unpaired) electrons. The van der Waals surface area contributed by atoms with Gasteiger partial charge < -0.3 is 21.3 Å². The molecular weight excluding hydrogens is 358 g/mol. The highest BCUT2D eigenvalue weighted by atomic mass is 32.1. The van der Waals surface area contributed by atoms with E-state index in [1.807, 2.05) is 49.4 Å². The molecule has 0 fully saturated rings. The van der Waals surface area contributed by atoms with Crippen LogP contribution >= 0.6 is 11.3 Å². The van der Waals surface area contributed by atoms with Crippen molar-refractivity contribution in [1.29, 1.82) is 0 Å². The zero-order chi connectivity index (χ0) is 19.6. The Balaban J connectivity index is 1.79. The van der Waals surface area contributed by atoms with Crippen molar-refractivity contribution in [2.75, 3.05) is 12.4 Å². The van der Waals surface area contributed by atoms with Gasteiger partial charge in [-0.2, -0.15) is 0 Å². The third-order valence-electron chi connectivity index (χ3n) is 3.81. The van der Waals surface area contributed by atoms with E-state index in [4.69, 9.17) is 0 Å². The number of aryl methyl sites for hydroxylation is 1. The molecule has 2 amide bonds. The Morgan fingerprint density at radius 2 is 1.70 bits per heavy atom. The van der Waals surface area contributed by atoms with E-state index < -0.39 is 0 Å². The topological polar surface area (TPSA) is 77.6 Å². The van der Waals surface area contributed by atoms with Crippen LogP contribution in [0.2, 0.25) is 0 Å². The molecule has 0 bridgehead atoms. The highest BCUT2D eigenvalue weighted by molar-refractivity contribution is 7.11. The minimum Gasteiger partial charge on any atom is -0.352 e. The summed E-state index contributed by atoms with van der Waals surface area (Å²) in [7, 11) is 1.77. The Morgan fingerprint density at radius 3 is 2.30 bits per heavy atom. The molecule has 6 nitrogen and oxygen atoms in total. The summed E-state index contributed by atoms with van der Waals surface area (Å²) in [6.07, 6.45) is 1.07. The number of carbonyl (C=O) groups is 1. The van der Waals surface area contributed by atoms with Gasteiger partial charge in [0.1, 0.15) is 0 Å². The van der Waals surface area contributed by atoms with Crippen LogP contribution in [-0.2, 0) is 19.5 Å². The van der Waals surface area contributed by atoms with Gasteiger partial charge in [0.25, 0.3) is 0 Å². The molecule has 146 valence electrons. The zero-order valence-corrected chi connectivity index (χ0v) is 17.2. The Hall–Kier alpha value is -2.54. The summed E-state index contributed by atoms with van der Waals surface area (Å²) in [4.78, 5) is 18.7. The van der Waals surface area contributed by atoms with Crippen molar-refractivity contribution in [3.63, 3.8) is 0 Å². The first-order valence-electron chi connectivity index (χ1n) is 9.18. The van der Waals surface area contributed by atoms with E-state index in [1.54, 1.807) is 7.05 Å². The monoisotopic (exact) mass is 387 g/mol. The van der Waals surface area contributed by atoms with E-state index in [0.29, 0.717) is 6.54 Å². The van der Waals surface area contributed by atoms with Crippen molar-refractivity contribution in [2.24, 2.45) is 4.99 Å². The summed E-state index contributed by atoms with van der Waals surface area (Å²) < 4.78 is 0.